The number of H-pyrrole nitrogens is 2. The van der Waals surface area contributed by atoms with Gasteiger partial charge in [0, 0.05) is 0 Å². The average molecular weight is 550 g/mol. The number of carbonyl (C=O) groups is 1. The molecule has 0 bridgehead atoms. The lowest BCUT2D eigenvalue weighted by Crippen LogP contribution is -2.28. The second-order valence-corrected chi connectivity index (χ2v) is 8.45. The smallest absolute Gasteiger partial charge is 0.343 e. The van der Waals surface area contributed by atoms with Gasteiger partial charge in [-0.15, -0.1) is 0 Å². The Morgan fingerprint density at radius 2 is 1.54 bits per heavy atom. The first-order valence-corrected chi connectivity index (χ1v) is 12.4. The summed E-state index contributed by atoms with van der Waals surface area (Å²) in [5.74, 6) is -0.263. The predicted octanol–water partition coefficient (Wildman–Crippen LogP) is 5.02. The van der Waals surface area contributed by atoms with Gasteiger partial charge in [-0.05, 0) is 72.3 Å². The van der Waals surface area contributed by atoms with Crippen molar-refractivity contribution >= 4 is 29.5 Å². The van der Waals surface area contributed by atoms with E-state index in [0.29, 0.717) is 28.5 Å². The molecule has 10 nitrogen and oxygen atoms in total. The van der Waals surface area contributed by atoms with Crippen LogP contribution in [0, 0.1) is 5.82 Å². The standard InChI is InChI=1S/C30H24FN7O3/c1-40-26-18-20(12-17-25(26)41-27(39)21-13-15-22(31)16-14-21)19-32-38-30-36-28(33-23-8-4-2-5-9-23)35-29(37-30)34-24-10-6-3-7-11-24/h2-19H,1H3,(H3,33,34,35,36,37,38)/b32-19-. The molecule has 0 aliphatic carbocycles. The lowest BCUT2D eigenvalue weighted by molar-refractivity contribution is 0.0729. The summed E-state index contributed by atoms with van der Waals surface area (Å²) in [5.41, 5.74) is 5.91. The topological polar surface area (TPSA) is 129 Å². The molecule has 0 aliphatic heterocycles. The number of nitrogens with zero attached hydrogens (tertiary/aromatic N) is 4. The number of hydrazone groups is 1. The molecule has 0 aliphatic rings. The highest BCUT2D eigenvalue weighted by atomic mass is 19.1. The summed E-state index contributed by atoms with van der Waals surface area (Å²) in [6, 6.07) is 28.8. The number of halogens is 1. The fraction of sp³-hybridized carbons (Fsp3) is 0.0333. The molecular weight excluding hydrogens is 525 g/mol. The van der Waals surface area contributed by atoms with Crippen LogP contribution in [-0.4, -0.2) is 34.2 Å². The van der Waals surface area contributed by atoms with E-state index in [-0.39, 0.29) is 11.3 Å². The highest BCUT2D eigenvalue weighted by Crippen LogP contribution is 2.28. The number of anilines is 1. The third-order valence-corrected chi connectivity index (χ3v) is 5.53. The van der Waals surface area contributed by atoms with Crippen molar-refractivity contribution in [2.45, 2.75) is 0 Å². The highest BCUT2D eigenvalue weighted by Gasteiger charge is 2.13. The number of aromatic amines is 2. The third kappa shape index (κ3) is 7.39. The van der Waals surface area contributed by atoms with Gasteiger partial charge in [0.05, 0.1) is 30.3 Å². The molecule has 0 unspecified atom stereocenters. The molecule has 0 fully saturated rings. The van der Waals surface area contributed by atoms with Gasteiger partial charge in [-0.1, -0.05) is 36.4 Å². The maximum absolute atomic E-state index is 13.2. The number of benzene rings is 4. The Hall–Kier alpha value is -5.84. The molecule has 0 amide bonds. The van der Waals surface area contributed by atoms with Gasteiger partial charge in [0.2, 0.25) is 17.2 Å². The van der Waals surface area contributed by atoms with E-state index in [1.165, 1.54) is 31.4 Å². The predicted molar refractivity (Wildman–Crippen MR) is 152 cm³/mol. The van der Waals surface area contributed by atoms with Gasteiger partial charge < -0.3 is 9.47 Å². The van der Waals surface area contributed by atoms with Crippen LogP contribution < -0.4 is 26.1 Å². The van der Waals surface area contributed by atoms with E-state index in [1.807, 2.05) is 60.7 Å². The number of carbonyl (C=O) groups excluding carboxylic acids is 1. The van der Waals surface area contributed by atoms with Gasteiger partial charge in [-0.2, -0.15) is 10.1 Å². The summed E-state index contributed by atoms with van der Waals surface area (Å²) in [6.07, 6.45) is 1.54. The van der Waals surface area contributed by atoms with Gasteiger partial charge in [0.15, 0.2) is 11.5 Å². The molecule has 4 aromatic carbocycles. The second kappa shape index (κ2) is 12.8. The van der Waals surface area contributed by atoms with Crippen LogP contribution in [-0.2, 0) is 0 Å². The molecule has 204 valence electrons. The molecule has 3 N–H and O–H groups in total. The number of ether oxygens (including phenoxy) is 2. The molecule has 0 radical (unpaired) electrons. The highest BCUT2D eigenvalue weighted by molar-refractivity contribution is 5.91. The molecule has 11 heteroatoms. The van der Waals surface area contributed by atoms with Crippen molar-refractivity contribution in [3.63, 3.8) is 0 Å². The molecule has 1 aromatic heterocycles. The summed E-state index contributed by atoms with van der Waals surface area (Å²) in [5, 5.41) is 4.27. The monoisotopic (exact) mass is 549 g/mol. The Morgan fingerprint density at radius 1 is 0.854 bits per heavy atom. The van der Waals surface area contributed by atoms with E-state index >= 15 is 0 Å². The number of para-hydroxylation sites is 2. The number of aromatic nitrogens is 3. The fourth-order valence-electron chi connectivity index (χ4n) is 3.59. The SMILES string of the molecule is COc1cc(/C=N\Nc2nc(=Nc3ccccc3)[nH]c(=Nc3ccccc3)[nH]2)ccc1OC(=O)c1ccc(F)cc1. The first-order valence-electron chi connectivity index (χ1n) is 12.4. The molecule has 0 spiro atoms. The molecule has 5 rings (SSSR count). The molecule has 1 heterocycles. The minimum absolute atomic E-state index is 0.208. The number of hydrogen-bond donors (Lipinski definition) is 3. The van der Waals surface area contributed by atoms with E-state index in [2.05, 4.69) is 35.5 Å². The van der Waals surface area contributed by atoms with Gasteiger partial charge >= 0.3 is 5.97 Å². The van der Waals surface area contributed by atoms with Crippen molar-refractivity contribution in [3.8, 4) is 11.5 Å². The van der Waals surface area contributed by atoms with Crippen LogP contribution in [0.1, 0.15) is 15.9 Å². The van der Waals surface area contributed by atoms with Crippen molar-refractivity contribution in [2.24, 2.45) is 15.1 Å². The van der Waals surface area contributed by atoms with Crippen molar-refractivity contribution < 1.29 is 18.7 Å². The zero-order valence-electron chi connectivity index (χ0n) is 21.8. The largest absolute Gasteiger partial charge is 0.493 e. The third-order valence-electron chi connectivity index (χ3n) is 5.53. The van der Waals surface area contributed by atoms with Crippen LogP contribution in [0.15, 0.2) is 118 Å². The first-order chi connectivity index (χ1) is 20.1. The molecular formula is C30H24FN7O3. The Labute approximate surface area is 233 Å². The van der Waals surface area contributed by atoms with Gasteiger partial charge in [-0.3, -0.25) is 9.97 Å². The van der Waals surface area contributed by atoms with Crippen LogP contribution in [0.3, 0.4) is 0 Å². The molecule has 0 saturated heterocycles. The zero-order chi connectivity index (χ0) is 28.4. The molecule has 0 saturated carbocycles. The maximum Gasteiger partial charge on any atom is 0.343 e. The Morgan fingerprint density at radius 3 is 2.22 bits per heavy atom. The normalized spacial score (nSPS) is 12.0. The summed E-state index contributed by atoms with van der Waals surface area (Å²) in [6.45, 7) is 0. The van der Waals surface area contributed by atoms with Crippen LogP contribution in [0.25, 0.3) is 0 Å². The quantitative estimate of drug-likeness (QED) is 0.108. The Kier molecular flexibility index (Phi) is 8.36. The van der Waals surface area contributed by atoms with Crippen molar-refractivity contribution in [1.29, 1.82) is 0 Å². The Balaban J connectivity index is 1.37. The first kappa shape index (κ1) is 26.8. The van der Waals surface area contributed by atoms with E-state index in [4.69, 9.17) is 9.47 Å². The van der Waals surface area contributed by atoms with Crippen LogP contribution >= 0.6 is 0 Å². The summed E-state index contributed by atoms with van der Waals surface area (Å²) in [7, 11) is 1.46. The van der Waals surface area contributed by atoms with E-state index in [0.717, 1.165) is 11.4 Å². The number of nitrogens with one attached hydrogen (secondary N) is 3. The van der Waals surface area contributed by atoms with E-state index in [1.54, 1.807) is 24.4 Å². The number of esters is 1. The minimum Gasteiger partial charge on any atom is -0.493 e. The van der Waals surface area contributed by atoms with Crippen molar-refractivity contribution in [1.82, 2.24) is 15.0 Å². The average Bonchev–Trinajstić information content (AvgIpc) is 2.99. The van der Waals surface area contributed by atoms with Crippen LogP contribution in [0.4, 0.5) is 21.7 Å². The molecule has 41 heavy (non-hydrogen) atoms. The fourth-order valence-corrected chi connectivity index (χ4v) is 3.59. The van der Waals surface area contributed by atoms with Gasteiger partial charge in [-0.25, -0.2) is 24.6 Å². The maximum atomic E-state index is 13.2. The van der Waals surface area contributed by atoms with Gasteiger partial charge in [0.1, 0.15) is 5.82 Å². The molecule has 5 aromatic rings. The lowest BCUT2D eigenvalue weighted by Gasteiger charge is -2.10. The van der Waals surface area contributed by atoms with Crippen molar-refractivity contribution in [3.05, 3.63) is 131 Å². The number of methoxy groups -OCH3 is 1. The molecule has 0 atom stereocenters. The van der Waals surface area contributed by atoms with Crippen LogP contribution in [0.2, 0.25) is 0 Å². The Bertz CT molecular complexity index is 1730. The van der Waals surface area contributed by atoms with E-state index < -0.39 is 11.8 Å². The zero-order valence-corrected chi connectivity index (χ0v) is 21.8. The van der Waals surface area contributed by atoms with Crippen LogP contribution in [0.5, 0.6) is 11.5 Å². The summed E-state index contributed by atoms with van der Waals surface area (Å²) >= 11 is 0. The van der Waals surface area contributed by atoms with E-state index in [9.17, 15) is 9.18 Å². The summed E-state index contributed by atoms with van der Waals surface area (Å²) in [4.78, 5) is 32.1. The number of hydrogen-bond acceptors (Lipinski definition) is 8. The second-order valence-electron chi connectivity index (χ2n) is 8.45. The number of rotatable bonds is 8. The van der Waals surface area contributed by atoms with Gasteiger partial charge in [0.25, 0.3) is 0 Å². The summed E-state index contributed by atoms with van der Waals surface area (Å²) < 4.78 is 24.0. The lowest BCUT2D eigenvalue weighted by atomic mass is 10.2. The van der Waals surface area contributed by atoms with Crippen molar-refractivity contribution in [2.75, 3.05) is 12.5 Å². The minimum atomic E-state index is -0.637.